The molecule has 39 heavy (non-hydrogen) atoms. The first-order valence-electron chi connectivity index (χ1n) is 14.5. The van der Waals surface area contributed by atoms with E-state index in [9.17, 15) is 10.2 Å². The fourth-order valence-electron chi connectivity index (χ4n) is 6.91. The fraction of sp³-hybridized carbons (Fsp3) is 0.531. The zero-order valence-corrected chi connectivity index (χ0v) is 24.1. The summed E-state index contributed by atoms with van der Waals surface area (Å²) < 4.78 is 6.29. The van der Waals surface area contributed by atoms with E-state index in [-0.39, 0.29) is 12.7 Å². The number of ether oxygens (including phenoxy) is 1. The molecule has 1 spiro atoms. The molecule has 1 aliphatic carbocycles. The maximum atomic E-state index is 9.89. The van der Waals surface area contributed by atoms with Gasteiger partial charge in [-0.05, 0) is 73.3 Å². The minimum Gasteiger partial charge on any atom is -0.493 e. The van der Waals surface area contributed by atoms with Crippen molar-refractivity contribution >= 4 is 11.3 Å². The second kappa shape index (κ2) is 11.3. The molecule has 2 fully saturated rings. The lowest BCUT2D eigenvalue weighted by molar-refractivity contribution is -0.00612. The predicted molar refractivity (Wildman–Crippen MR) is 157 cm³/mol. The molecule has 0 amide bonds. The van der Waals surface area contributed by atoms with E-state index in [2.05, 4.69) is 60.0 Å². The molecule has 1 saturated heterocycles. The summed E-state index contributed by atoms with van der Waals surface area (Å²) in [4.78, 5) is 11.2. The van der Waals surface area contributed by atoms with Gasteiger partial charge >= 0.3 is 0 Å². The van der Waals surface area contributed by atoms with Crippen molar-refractivity contribution in [2.75, 3.05) is 45.9 Å². The molecule has 1 aromatic heterocycles. The van der Waals surface area contributed by atoms with Crippen molar-refractivity contribution in [3.8, 4) is 27.4 Å². The van der Waals surface area contributed by atoms with Crippen LogP contribution in [0.4, 0.5) is 0 Å². The summed E-state index contributed by atoms with van der Waals surface area (Å²) in [6.45, 7) is 11.2. The largest absolute Gasteiger partial charge is 0.493 e. The summed E-state index contributed by atoms with van der Waals surface area (Å²) in [7, 11) is 0. The van der Waals surface area contributed by atoms with Gasteiger partial charge in [-0.1, -0.05) is 30.3 Å². The Kier molecular flexibility index (Phi) is 7.79. The first kappa shape index (κ1) is 26.9. The third kappa shape index (κ3) is 5.52. The average Bonchev–Trinajstić information content (AvgIpc) is 3.51. The van der Waals surface area contributed by atoms with Crippen molar-refractivity contribution in [3.05, 3.63) is 58.1 Å². The Morgan fingerprint density at radius 3 is 2.56 bits per heavy atom. The van der Waals surface area contributed by atoms with Crippen LogP contribution in [-0.2, 0) is 13.0 Å². The lowest BCUT2D eigenvalue weighted by Crippen LogP contribution is -2.55. The van der Waals surface area contributed by atoms with E-state index < -0.39 is 0 Å². The molecular weight excluding hydrogens is 506 g/mol. The van der Waals surface area contributed by atoms with Crippen molar-refractivity contribution in [2.24, 2.45) is 5.41 Å². The van der Waals surface area contributed by atoms with Crippen molar-refractivity contribution < 1.29 is 14.9 Å². The number of hydrogen-bond acceptors (Lipinski definition) is 7. The molecular formula is C32H41N3O3S. The lowest BCUT2D eigenvalue weighted by Gasteiger charge is -2.48. The van der Waals surface area contributed by atoms with Crippen LogP contribution in [0.3, 0.4) is 0 Å². The number of thiazole rings is 1. The smallest absolute Gasteiger partial charge is 0.124 e. The number of aromatic nitrogens is 1. The van der Waals surface area contributed by atoms with E-state index >= 15 is 0 Å². The van der Waals surface area contributed by atoms with Crippen LogP contribution >= 0.6 is 11.3 Å². The van der Waals surface area contributed by atoms with Crippen LogP contribution in [0, 0.1) is 19.3 Å². The quantitative estimate of drug-likeness (QED) is 0.365. The van der Waals surface area contributed by atoms with E-state index in [1.165, 1.54) is 44.8 Å². The highest BCUT2D eigenvalue weighted by Crippen LogP contribution is 2.45. The number of nitrogens with zero attached hydrogens (tertiary/aromatic N) is 3. The molecule has 0 radical (unpaired) electrons. The minimum absolute atomic E-state index is 0.0784. The highest BCUT2D eigenvalue weighted by Gasteiger charge is 2.47. The van der Waals surface area contributed by atoms with Gasteiger partial charge in [0, 0.05) is 56.1 Å². The first-order chi connectivity index (χ1) is 18.9. The van der Waals surface area contributed by atoms with Gasteiger partial charge in [-0.25, -0.2) is 4.98 Å². The first-order valence-corrected chi connectivity index (χ1v) is 15.3. The number of benzene rings is 2. The van der Waals surface area contributed by atoms with Crippen LogP contribution in [0.25, 0.3) is 21.7 Å². The van der Waals surface area contributed by atoms with Gasteiger partial charge in [0.25, 0.3) is 0 Å². The van der Waals surface area contributed by atoms with Crippen molar-refractivity contribution in [2.45, 2.75) is 58.6 Å². The molecule has 1 unspecified atom stereocenters. The fourth-order valence-corrected chi connectivity index (χ4v) is 8.15. The number of fused-ring (bicyclic) bond motifs is 1. The Morgan fingerprint density at radius 2 is 1.79 bits per heavy atom. The normalized spacial score (nSPS) is 20.8. The molecule has 2 aliphatic heterocycles. The van der Waals surface area contributed by atoms with E-state index in [1.54, 1.807) is 11.3 Å². The molecule has 3 heterocycles. The standard InChI is InChI=1S/C32H41N3O3S/c1-22-25(6-3-8-27(22)31-33-28-11-14-34(15-16-36)19-30(28)39-31)26-7-4-9-29(23(26)2)38-17-5-13-35-20-32(21-35)12-10-24(37)18-32/h3-4,6-9,24,36-37H,5,10-21H2,1-2H3. The summed E-state index contributed by atoms with van der Waals surface area (Å²) in [5.74, 6) is 0.963. The highest BCUT2D eigenvalue weighted by molar-refractivity contribution is 7.15. The minimum atomic E-state index is -0.0784. The maximum Gasteiger partial charge on any atom is 0.124 e. The molecule has 208 valence electrons. The van der Waals surface area contributed by atoms with Crippen molar-refractivity contribution in [1.29, 1.82) is 0 Å². The summed E-state index contributed by atoms with van der Waals surface area (Å²) in [6, 6.07) is 12.9. The molecule has 1 atom stereocenters. The SMILES string of the molecule is Cc1c(OCCCN2CC3(CCC(O)C3)C2)cccc1-c1cccc(-c2nc3c(s2)CN(CCO)CC3)c1C. The third-order valence-corrected chi connectivity index (χ3v) is 10.2. The number of β-amino-alcohol motifs (C(OH)–C–C–N with tert-alkyl or cyclic N) is 1. The van der Waals surface area contributed by atoms with E-state index in [0.29, 0.717) is 12.0 Å². The van der Waals surface area contributed by atoms with Crippen LogP contribution in [0.5, 0.6) is 5.75 Å². The highest BCUT2D eigenvalue weighted by atomic mass is 32.1. The monoisotopic (exact) mass is 547 g/mol. The molecule has 6 rings (SSSR count). The molecule has 2 aromatic carbocycles. The van der Waals surface area contributed by atoms with Crippen molar-refractivity contribution in [1.82, 2.24) is 14.8 Å². The molecule has 1 saturated carbocycles. The molecule has 3 aliphatic rings. The maximum absolute atomic E-state index is 9.89. The number of hydrogen-bond donors (Lipinski definition) is 2. The second-order valence-corrected chi connectivity index (χ2v) is 12.9. The zero-order chi connectivity index (χ0) is 27.0. The van der Waals surface area contributed by atoms with Gasteiger partial charge in [-0.3, -0.25) is 4.90 Å². The second-order valence-electron chi connectivity index (χ2n) is 11.9. The summed E-state index contributed by atoms with van der Waals surface area (Å²) in [5.41, 5.74) is 7.69. The third-order valence-electron chi connectivity index (χ3n) is 9.04. The van der Waals surface area contributed by atoms with Gasteiger partial charge in [-0.15, -0.1) is 11.3 Å². The van der Waals surface area contributed by atoms with Gasteiger partial charge < -0.3 is 19.8 Å². The molecule has 7 heteroatoms. The molecule has 0 bridgehead atoms. The lowest BCUT2D eigenvalue weighted by atomic mass is 9.78. The number of likely N-dealkylation sites (tertiary alicyclic amines) is 1. The summed E-state index contributed by atoms with van der Waals surface area (Å²) in [6.07, 6.45) is 5.03. The Morgan fingerprint density at radius 1 is 1.03 bits per heavy atom. The van der Waals surface area contributed by atoms with Crippen LogP contribution in [0.2, 0.25) is 0 Å². The number of rotatable bonds is 9. The molecule has 6 nitrogen and oxygen atoms in total. The Balaban J connectivity index is 1.11. The zero-order valence-electron chi connectivity index (χ0n) is 23.3. The van der Waals surface area contributed by atoms with Crippen LogP contribution in [0.15, 0.2) is 36.4 Å². The summed E-state index contributed by atoms with van der Waals surface area (Å²) in [5, 5.41) is 20.3. The predicted octanol–water partition coefficient (Wildman–Crippen LogP) is 5.06. The van der Waals surface area contributed by atoms with Gasteiger partial charge in [0.1, 0.15) is 10.8 Å². The summed E-state index contributed by atoms with van der Waals surface area (Å²) >= 11 is 1.80. The van der Waals surface area contributed by atoms with E-state index in [4.69, 9.17) is 9.72 Å². The number of aliphatic hydroxyl groups excluding tert-OH is 2. The average molecular weight is 548 g/mol. The van der Waals surface area contributed by atoms with Gasteiger partial charge in [0.2, 0.25) is 0 Å². The topological polar surface area (TPSA) is 69.1 Å². The Bertz CT molecular complexity index is 1320. The van der Waals surface area contributed by atoms with Crippen LogP contribution in [-0.4, -0.2) is 77.0 Å². The van der Waals surface area contributed by atoms with Crippen LogP contribution in [0.1, 0.15) is 47.4 Å². The van der Waals surface area contributed by atoms with Gasteiger partial charge in [0.05, 0.1) is 25.0 Å². The number of aliphatic hydroxyl groups is 2. The Labute approximate surface area is 236 Å². The molecule has 3 aromatic rings. The molecule has 2 N–H and O–H groups in total. The Hall–Kier alpha value is -2.29. The van der Waals surface area contributed by atoms with Crippen LogP contribution < -0.4 is 4.74 Å². The van der Waals surface area contributed by atoms with E-state index in [0.717, 1.165) is 75.7 Å². The van der Waals surface area contributed by atoms with Gasteiger partial charge in [-0.2, -0.15) is 0 Å². The van der Waals surface area contributed by atoms with Crippen molar-refractivity contribution in [3.63, 3.8) is 0 Å². The van der Waals surface area contributed by atoms with E-state index in [1.807, 2.05) is 0 Å². The van der Waals surface area contributed by atoms with Gasteiger partial charge in [0.15, 0.2) is 0 Å².